The Morgan fingerprint density at radius 1 is 1.38 bits per heavy atom. The van der Waals surface area contributed by atoms with Crippen molar-refractivity contribution in [1.29, 1.82) is 0 Å². The number of hydrogen-bond donors (Lipinski definition) is 2. The molecule has 0 spiro atoms. The normalized spacial score (nSPS) is 27.6. The Morgan fingerprint density at radius 3 is 2.50 bits per heavy atom. The van der Waals surface area contributed by atoms with Crippen molar-refractivity contribution in [2.75, 3.05) is 20.1 Å². The van der Waals surface area contributed by atoms with E-state index >= 15 is 0 Å². The van der Waals surface area contributed by atoms with Crippen molar-refractivity contribution in [3.63, 3.8) is 0 Å². The van der Waals surface area contributed by atoms with Crippen molar-refractivity contribution >= 4 is 10.2 Å². The summed E-state index contributed by atoms with van der Waals surface area (Å²) < 4.78 is 28.0. The van der Waals surface area contributed by atoms with Crippen molar-refractivity contribution in [2.45, 2.75) is 39.3 Å². The van der Waals surface area contributed by atoms with Gasteiger partial charge < -0.3 is 5.32 Å². The summed E-state index contributed by atoms with van der Waals surface area (Å²) in [6.07, 6.45) is 0.901. The van der Waals surface area contributed by atoms with E-state index in [1.54, 1.807) is 7.05 Å². The summed E-state index contributed by atoms with van der Waals surface area (Å²) in [6, 6.07) is -0.0126. The second-order valence-electron chi connectivity index (χ2n) is 4.93. The van der Waals surface area contributed by atoms with Crippen LogP contribution in [0.5, 0.6) is 0 Å². The highest BCUT2D eigenvalue weighted by Gasteiger charge is 2.26. The van der Waals surface area contributed by atoms with Gasteiger partial charge in [-0.15, -0.1) is 0 Å². The standard InChI is InChI=1S/C10H23N3O2S/c1-8(2)13(4)16(14,15)12-10-5-9(3)6-11-7-10/h8-12H,5-7H2,1-4H3. The summed E-state index contributed by atoms with van der Waals surface area (Å²) in [5.41, 5.74) is 0. The maximum atomic E-state index is 11.9. The molecule has 1 rings (SSSR count). The van der Waals surface area contributed by atoms with Crippen molar-refractivity contribution in [1.82, 2.24) is 14.3 Å². The number of hydrogen-bond acceptors (Lipinski definition) is 3. The van der Waals surface area contributed by atoms with Gasteiger partial charge in [0.2, 0.25) is 0 Å². The van der Waals surface area contributed by atoms with Crippen LogP contribution >= 0.6 is 0 Å². The average molecular weight is 249 g/mol. The SMILES string of the molecule is CC1CNCC(NS(=O)(=O)N(C)C(C)C)C1. The minimum atomic E-state index is -3.34. The Kier molecular flexibility index (Phi) is 4.73. The topological polar surface area (TPSA) is 61.4 Å². The number of nitrogens with one attached hydrogen (secondary N) is 2. The van der Waals surface area contributed by atoms with E-state index in [0.29, 0.717) is 5.92 Å². The molecule has 0 radical (unpaired) electrons. The Morgan fingerprint density at radius 2 is 2.00 bits per heavy atom. The highest BCUT2D eigenvalue weighted by Crippen LogP contribution is 2.11. The predicted octanol–water partition coefficient (Wildman–Crippen LogP) is 0.159. The first-order chi connectivity index (χ1) is 7.33. The molecule has 2 unspecified atom stereocenters. The molecule has 1 saturated heterocycles. The molecular weight excluding hydrogens is 226 g/mol. The smallest absolute Gasteiger partial charge is 0.279 e. The van der Waals surface area contributed by atoms with Crippen LogP contribution in [0.15, 0.2) is 0 Å². The summed E-state index contributed by atoms with van der Waals surface area (Å²) >= 11 is 0. The van der Waals surface area contributed by atoms with Crippen LogP contribution in [0, 0.1) is 5.92 Å². The van der Waals surface area contributed by atoms with Gasteiger partial charge in [0.05, 0.1) is 0 Å². The molecule has 1 aliphatic rings. The summed E-state index contributed by atoms with van der Waals surface area (Å²) in [4.78, 5) is 0. The van der Waals surface area contributed by atoms with Crippen molar-refractivity contribution < 1.29 is 8.42 Å². The quantitative estimate of drug-likeness (QED) is 0.746. The van der Waals surface area contributed by atoms with E-state index in [1.165, 1.54) is 4.31 Å². The minimum absolute atomic E-state index is 0.00921. The van der Waals surface area contributed by atoms with E-state index in [4.69, 9.17) is 0 Å². The van der Waals surface area contributed by atoms with Crippen LogP contribution in [0.4, 0.5) is 0 Å². The Hall–Kier alpha value is -0.170. The Labute approximate surface area is 98.8 Å². The molecule has 16 heavy (non-hydrogen) atoms. The summed E-state index contributed by atoms with van der Waals surface area (Å²) in [5.74, 6) is 0.519. The molecule has 6 heteroatoms. The lowest BCUT2D eigenvalue weighted by Gasteiger charge is -2.30. The number of nitrogens with zero attached hydrogens (tertiary/aromatic N) is 1. The fraction of sp³-hybridized carbons (Fsp3) is 1.00. The third kappa shape index (κ3) is 3.69. The first kappa shape index (κ1) is 13.9. The molecule has 1 heterocycles. The van der Waals surface area contributed by atoms with Crippen molar-refractivity contribution in [2.24, 2.45) is 5.92 Å². The first-order valence-corrected chi connectivity index (χ1v) is 7.23. The van der Waals surface area contributed by atoms with Crippen molar-refractivity contribution in [3.05, 3.63) is 0 Å². The first-order valence-electron chi connectivity index (χ1n) is 5.79. The molecule has 0 amide bonds. The molecule has 5 nitrogen and oxygen atoms in total. The van der Waals surface area contributed by atoms with Crippen LogP contribution in [0.3, 0.4) is 0 Å². The second-order valence-corrected chi connectivity index (χ2v) is 6.69. The van der Waals surface area contributed by atoms with E-state index in [0.717, 1.165) is 19.5 Å². The van der Waals surface area contributed by atoms with E-state index in [9.17, 15) is 8.42 Å². The molecule has 2 N–H and O–H groups in total. The molecule has 96 valence electrons. The van der Waals surface area contributed by atoms with Crippen molar-refractivity contribution in [3.8, 4) is 0 Å². The van der Waals surface area contributed by atoms with Gasteiger partial charge in [0, 0.05) is 25.7 Å². The van der Waals surface area contributed by atoms with Crippen LogP contribution in [0.2, 0.25) is 0 Å². The second kappa shape index (κ2) is 5.44. The van der Waals surface area contributed by atoms with Gasteiger partial charge in [0.15, 0.2) is 0 Å². The molecule has 0 saturated carbocycles. The molecule has 0 aromatic heterocycles. The van der Waals surface area contributed by atoms with Crippen LogP contribution in [-0.2, 0) is 10.2 Å². The molecule has 0 bridgehead atoms. The lowest BCUT2D eigenvalue weighted by molar-refractivity contribution is 0.333. The van der Waals surface area contributed by atoms with Gasteiger partial charge in [-0.1, -0.05) is 6.92 Å². The van der Waals surface area contributed by atoms with Gasteiger partial charge in [-0.05, 0) is 32.7 Å². The number of piperidine rings is 1. The summed E-state index contributed by atoms with van der Waals surface area (Å²) in [7, 11) is -1.74. The van der Waals surface area contributed by atoms with Gasteiger partial charge in [-0.3, -0.25) is 0 Å². The van der Waals surface area contributed by atoms with Crippen LogP contribution in [0.25, 0.3) is 0 Å². The Balaban J connectivity index is 2.58. The molecule has 0 aromatic rings. The van der Waals surface area contributed by atoms with E-state index in [-0.39, 0.29) is 12.1 Å². The predicted molar refractivity (Wildman–Crippen MR) is 65.4 cm³/mol. The number of rotatable bonds is 4. The fourth-order valence-corrected chi connectivity index (χ4v) is 3.14. The summed E-state index contributed by atoms with van der Waals surface area (Å²) in [6.45, 7) is 7.54. The van der Waals surface area contributed by atoms with Gasteiger partial charge in [0.1, 0.15) is 0 Å². The third-order valence-corrected chi connectivity index (χ3v) is 4.80. The molecule has 0 aromatic carbocycles. The van der Waals surface area contributed by atoms with Gasteiger partial charge in [-0.2, -0.15) is 17.4 Å². The zero-order chi connectivity index (χ0) is 12.3. The monoisotopic (exact) mass is 249 g/mol. The molecular formula is C10H23N3O2S. The maximum absolute atomic E-state index is 11.9. The van der Waals surface area contributed by atoms with E-state index < -0.39 is 10.2 Å². The van der Waals surface area contributed by atoms with Crippen LogP contribution in [0.1, 0.15) is 27.2 Å². The zero-order valence-corrected chi connectivity index (χ0v) is 11.3. The Bertz CT molecular complexity index is 316. The van der Waals surface area contributed by atoms with Gasteiger partial charge >= 0.3 is 0 Å². The fourth-order valence-electron chi connectivity index (χ4n) is 1.82. The van der Waals surface area contributed by atoms with Gasteiger partial charge in [0.25, 0.3) is 10.2 Å². The van der Waals surface area contributed by atoms with E-state index in [2.05, 4.69) is 17.0 Å². The van der Waals surface area contributed by atoms with Crippen LogP contribution in [-0.4, -0.2) is 44.9 Å². The molecule has 2 atom stereocenters. The molecule has 1 fully saturated rings. The molecule has 0 aliphatic carbocycles. The third-order valence-electron chi connectivity index (χ3n) is 2.99. The van der Waals surface area contributed by atoms with Gasteiger partial charge in [-0.25, -0.2) is 0 Å². The lowest BCUT2D eigenvalue weighted by Crippen LogP contribution is -2.52. The largest absolute Gasteiger partial charge is 0.315 e. The summed E-state index contributed by atoms with van der Waals surface area (Å²) in [5, 5.41) is 3.23. The maximum Gasteiger partial charge on any atom is 0.279 e. The lowest BCUT2D eigenvalue weighted by atomic mass is 9.99. The highest BCUT2D eigenvalue weighted by molar-refractivity contribution is 7.87. The van der Waals surface area contributed by atoms with Crippen LogP contribution < -0.4 is 10.0 Å². The van der Waals surface area contributed by atoms with E-state index in [1.807, 2.05) is 13.8 Å². The average Bonchev–Trinajstić information content (AvgIpc) is 2.15. The minimum Gasteiger partial charge on any atom is -0.315 e. The highest BCUT2D eigenvalue weighted by atomic mass is 32.2. The molecule has 1 aliphatic heterocycles. The zero-order valence-electron chi connectivity index (χ0n) is 10.5.